The quantitative estimate of drug-likeness (QED) is 0.859. The molecule has 22 heavy (non-hydrogen) atoms. The van der Waals surface area contributed by atoms with Gasteiger partial charge in [0, 0.05) is 0 Å². The molecule has 0 spiro atoms. The van der Waals surface area contributed by atoms with Crippen LogP contribution in [0.1, 0.15) is 17.3 Å². The van der Waals surface area contributed by atoms with Crippen molar-refractivity contribution in [2.24, 2.45) is 0 Å². The van der Waals surface area contributed by atoms with E-state index in [0.717, 1.165) is 24.3 Å². The summed E-state index contributed by atoms with van der Waals surface area (Å²) in [5.41, 5.74) is 0.209. The molecular weight excluding hydrogens is 309 g/mol. The maximum Gasteiger partial charge on any atom is 0.340 e. The summed E-state index contributed by atoms with van der Waals surface area (Å²) >= 11 is 0. The van der Waals surface area contributed by atoms with E-state index in [9.17, 15) is 17.6 Å². The summed E-state index contributed by atoms with van der Waals surface area (Å²) in [6.07, 6.45) is 0. The molecule has 2 aromatic rings. The highest BCUT2D eigenvalue weighted by Gasteiger charge is 2.19. The molecule has 0 fully saturated rings. The number of hydrogen-bond donors (Lipinski definition) is 1. The lowest BCUT2D eigenvalue weighted by Crippen LogP contribution is -2.16. The van der Waals surface area contributed by atoms with Gasteiger partial charge in [-0.1, -0.05) is 12.1 Å². The molecule has 0 saturated carbocycles. The molecule has 0 atom stereocenters. The third-order valence-electron chi connectivity index (χ3n) is 2.79. The highest BCUT2D eigenvalue weighted by atomic mass is 32.2. The van der Waals surface area contributed by atoms with E-state index in [2.05, 4.69) is 4.72 Å². The van der Waals surface area contributed by atoms with E-state index < -0.39 is 21.8 Å². The second-order valence-corrected chi connectivity index (χ2v) is 6.01. The standard InChI is InChI=1S/C15H14FNO4S/c1-2-21-15(18)13-5-3-4-6-14(13)17-22(19,20)12-9-7-11(16)8-10-12/h3-10,17H,2H2,1H3. The summed E-state index contributed by atoms with van der Waals surface area (Å²) in [6.45, 7) is 1.83. The van der Waals surface area contributed by atoms with Crippen molar-refractivity contribution in [3.63, 3.8) is 0 Å². The minimum atomic E-state index is -3.93. The highest BCUT2D eigenvalue weighted by Crippen LogP contribution is 2.21. The van der Waals surface area contributed by atoms with Crippen LogP contribution in [0.2, 0.25) is 0 Å². The van der Waals surface area contributed by atoms with E-state index in [0.29, 0.717) is 0 Å². The molecule has 0 saturated heterocycles. The molecule has 0 aliphatic rings. The van der Waals surface area contributed by atoms with Crippen molar-refractivity contribution in [3.8, 4) is 0 Å². The molecular formula is C15H14FNO4S. The van der Waals surface area contributed by atoms with Gasteiger partial charge >= 0.3 is 5.97 Å². The maximum atomic E-state index is 12.9. The highest BCUT2D eigenvalue weighted by molar-refractivity contribution is 7.92. The van der Waals surface area contributed by atoms with Gasteiger partial charge in [-0.05, 0) is 43.3 Å². The Bertz CT molecular complexity index is 772. The number of benzene rings is 2. The first-order chi connectivity index (χ1) is 10.4. The van der Waals surface area contributed by atoms with Crippen LogP contribution in [0.3, 0.4) is 0 Å². The van der Waals surface area contributed by atoms with Crippen LogP contribution in [0, 0.1) is 5.82 Å². The van der Waals surface area contributed by atoms with E-state index in [1.54, 1.807) is 19.1 Å². The number of carbonyl (C=O) groups excluding carboxylic acids is 1. The minimum absolute atomic E-state index is 0.102. The largest absolute Gasteiger partial charge is 0.462 e. The van der Waals surface area contributed by atoms with Crippen LogP contribution in [0.4, 0.5) is 10.1 Å². The number of rotatable bonds is 5. The summed E-state index contributed by atoms with van der Waals surface area (Å²) in [6, 6.07) is 10.5. The number of ether oxygens (including phenoxy) is 1. The maximum absolute atomic E-state index is 12.9. The Kier molecular flexibility index (Phi) is 4.77. The van der Waals surface area contributed by atoms with E-state index in [1.807, 2.05) is 0 Å². The lowest BCUT2D eigenvalue weighted by molar-refractivity contribution is 0.0527. The lowest BCUT2D eigenvalue weighted by Gasteiger charge is -2.11. The van der Waals surface area contributed by atoms with Gasteiger partial charge in [-0.2, -0.15) is 0 Å². The zero-order valence-electron chi connectivity index (χ0n) is 11.7. The van der Waals surface area contributed by atoms with Crippen LogP contribution < -0.4 is 4.72 Å². The summed E-state index contributed by atoms with van der Waals surface area (Å²) in [7, 11) is -3.93. The topological polar surface area (TPSA) is 72.5 Å². The summed E-state index contributed by atoms with van der Waals surface area (Å²) < 4.78 is 44.6. The number of carbonyl (C=O) groups is 1. The molecule has 0 heterocycles. The van der Waals surface area contributed by atoms with Crippen LogP contribution in [-0.2, 0) is 14.8 Å². The summed E-state index contributed by atoms with van der Waals surface area (Å²) in [5.74, 6) is -1.16. The van der Waals surface area contributed by atoms with Crippen LogP contribution in [0.5, 0.6) is 0 Å². The number of sulfonamides is 1. The molecule has 7 heteroatoms. The van der Waals surface area contributed by atoms with Crippen LogP contribution in [0.25, 0.3) is 0 Å². The van der Waals surface area contributed by atoms with Gasteiger partial charge in [0.25, 0.3) is 10.0 Å². The van der Waals surface area contributed by atoms with E-state index >= 15 is 0 Å². The number of nitrogens with one attached hydrogen (secondary N) is 1. The third kappa shape index (κ3) is 3.62. The zero-order chi connectivity index (χ0) is 16.2. The van der Waals surface area contributed by atoms with Crippen molar-refractivity contribution in [2.45, 2.75) is 11.8 Å². The smallest absolute Gasteiger partial charge is 0.340 e. The molecule has 2 aromatic carbocycles. The molecule has 0 aliphatic heterocycles. The molecule has 5 nitrogen and oxygen atoms in total. The Labute approximate surface area is 127 Å². The normalized spacial score (nSPS) is 11.0. The van der Waals surface area contributed by atoms with Gasteiger partial charge in [0.05, 0.1) is 22.8 Å². The van der Waals surface area contributed by atoms with Gasteiger partial charge in [0.15, 0.2) is 0 Å². The van der Waals surface area contributed by atoms with Gasteiger partial charge in [-0.3, -0.25) is 4.72 Å². The fraction of sp³-hybridized carbons (Fsp3) is 0.133. The predicted molar refractivity (Wildman–Crippen MR) is 79.6 cm³/mol. The Morgan fingerprint density at radius 3 is 2.41 bits per heavy atom. The lowest BCUT2D eigenvalue weighted by atomic mass is 10.2. The summed E-state index contributed by atoms with van der Waals surface area (Å²) in [4.78, 5) is 11.7. The Morgan fingerprint density at radius 2 is 1.77 bits per heavy atom. The fourth-order valence-electron chi connectivity index (χ4n) is 1.78. The molecule has 116 valence electrons. The number of anilines is 1. The Morgan fingerprint density at radius 1 is 1.14 bits per heavy atom. The van der Waals surface area contributed by atoms with Crippen LogP contribution in [-0.4, -0.2) is 21.0 Å². The second kappa shape index (κ2) is 6.57. The van der Waals surface area contributed by atoms with Gasteiger partial charge < -0.3 is 4.74 Å². The molecule has 2 rings (SSSR count). The number of para-hydroxylation sites is 1. The van der Waals surface area contributed by atoms with Crippen LogP contribution in [0.15, 0.2) is 53.4 Å². The Hall–Kier alpha value is -2.41. The number of hydrogen-bond acceptors (Lipinski definition) is 4. The molecule has 0 amide bonds. The van der Waals surface area contributed by atoms with Crippen molar-refractivity contribution in [1.29, 1.82) is 0 Å². The van der Waals surface area contributed by atoms with E-state index in [4.69, 9.17) is 4.74 Å². The monoisotopic (exact) mass is 323 g/mol. The number of esters is 1. The fourth-order valence-corrected chi connectivity index (χ4v) is 2.86. The predicted octanol–water partition coefficient (Wildman–Crippen LogP) is 2.80. The van der Waals surface area contributed by atoms with E-state index in [1.165, 1.54) is 12.1 Å². The van der Waals surface area contributed by atoms with Crippen molar-refractivity contribution in [2.75, 3.05) is 11.3 Å². The van der Waals surface area contributed by atoms with Gasteiger partial charge in [0.1, 0.15) is 5.82 Å². The van der Waals surface area contributed by atoms with Crippen molar-refractivity contribution in [3.05, 3.63) is 59.9 Å². The first kappa shape index (κ1) is 16.0. The molecule has 0 aromatic heterocycles. The summed E-state index contributed by atoms with van der Waals surface area (Å²) in [5, 5.41) is 0. The average Bonchev–Trinajstić information content (AvgIpc) is 2.48. The van der Waals surface area contributed by atoms with Gasteiger partial charge in [0.2, 0.25) is 0 Å². The first-order valence-corrected chi connectivity index (χ1v) is 7.97. The molecule has 0 radical (unpaired) electrons. The van der Waals surface area contributed by atoms with Gasteiger partial charge in [-0.15, -0.1) is 0 Å². The molecule has 0 unspecified atom stereocenters. The molecule has 0 bridgehead atoms. The van der Waals surface area contributed by atoms with Crippen molar-refractivity contribution in [1.82, 2.24) is 0 Å². The SMILES string of the molecule is CCOC(=O)c1ccccc1NS(=O)(=O)c1ccc(F)cc1. The second-order valence-electron chi connectivity index (χ2n) is 4.33. The van der Waals surface area contributed by atoms with Crippen molar-refractivity contribution < 1.29 is 22.3 Å². The van der Waals surface area contributed by atoms with Gasteiger partial charge in [-0.25, -0.2) is 17.6 Å². The average molecular weight is 323 g/mol. The molecule has 0 aliphatic carbocycles. The van der Waals surface area contributed by atoms with Crippen molar-refractivity contribution >= 4 is 21.7 Å². The van der Waals surface area contributed by atoms with Crippen LogP contribution >= 0.6 is 0 Å². The Balaban J connectivity index is 2.34. The number of halogens is 1. The first-order valence-electron chi connectivity index (χ1n) is 6.48. The third-order valence-corrected chi connectivity index (χ3v) is 4.17. The zero-order valence-corrected chi connectivity index (χ0v) is 12.6. The molecule has 1 N–H and O–H groups in total. The van der Waals surface area contributed by atoms with E-state index in [-0.39, 0.29) is 22.8 Å². The minimum Gasteiger partial charge on any atom is -0.462 e.